The van der Waals surface area contributed by atoms with Gasteiger partial charge in [0.1, 0.15) is 5.75 Å². The fourth-order valence-electron chi connectivity index (χ4n) is 5.30. The van der Waals surface area contributed by atoms with Crippen molar-refractivity contribution >= 4 is 11.9 Å². The van der Waals surface area contributed by atoms with Crippen LogP contribution in [0.25, 0.3) is 22.3 Å². The number of amides is 1. The van der Waals surface area contributed by atoms with Gasteiger partial charge in [0.15, 0.2) is 0 Å². The maximum Gasteiger partial charge on any atom is 0.335 e. The molecule has 0 aromatic heterocycles. The normalized spacial score (nSPS) is 15.4. The van der Waals surface area contributed by atoms with E-state index in [0.717, 1.165) is 47.3 Å². The molecular weight excluding hydrogens is 474 g/mol. The summed E-state index contributed by atoms with van der Waals surface area (Å²) in [4.78, 5) is 22.4. The Balaban J connectivity index is 1.70. The van der Waals surface area contributed by atoms with Crippen LogP contribution < -0.4 is 10.1 Å². The predicted molar refractivity (Wildman–Crippen MR) is 153 cm³/mol. The number of carbonyl (C=O) groups excluding carboxylic acids is 1. The van der Waals surface area contributed by atoms with E-state index in [2.05, 4.69) is 57.3 Å². The summed E-state index contributed by atoms with van der Waals surface area (Å²) in [7, 11) is 0. The van der Waals surface area contributed by atoms with Crippen LogP contribution in [0, 0.1) is 0 Å². The number of rotatable bonds is 9. The Bertz CT molecular complexity index is 1320. The monoisotopic (exact) mass is 513 g/mol. The van der Waals surface area contributed by atoms with E-state index in [1.165, 1.54) is 24.5 Å². The SMILES string of the molecule is CC(=O)NCCCCOc1ccc(-c2ccc(C(=O)O)cc2)cc1-c1ccc2c(c1)C(C)(C)CCC2(C)C. The van der Waals surface area contributed by atoms with Crippen molar-refractivity contribution in [1.82, 2.24) is 5.32 Å². The molecule has 0 saturated carbocycles. The zero-order valence-electron chi connectivity index (χ0n) is 23.2. The molecule has 0 bridgehead atoms. The van der Waals surface area contributed by atoms with Crippen LogP contribution in [0.4, 0.5) is 0 Å². The van der Waals surface area contributed by atoms with Crippen molar-refractivity contribution in [3.8, 4) is 28.0 Å². The summed E-state index contributed by atoms with van der Waals surface area (Å²) >= 11 is 0. The van der Waals surface area contributed by atoms with Gasteiger partial charge in [-0.3, -0.25) is 4.79 Å². The maximum absolute atomic E-state index is 11.3. The molecule has 0 fully saturated rings. The first kappa shape index (κ1) is 27.4. The van der Waals surface area contributed by atoms with Gasteiger partial charge in [-0.1, -0.05) is 64.1 Å². The molecule has 0 heterocycles. The van der Waals surface area contributed by atoms with E-state index >= 15 is 0 Å². The molecule has 1 aliphatic carbocycles. The van der Waals surface area contributed by atoms with Crippen LogP contribution in [0.15, 0.2) is 60.7 Å². The molecule has 0 radical (unpaired) electrons. The molecule has 0 spiro atoms. The van der Waals surface area contributed by atoms with Gasteiger partial charge in [0, 0.05) is 19.0 Å². The molecule has 2 N–H and O–H groups in total. The number of benzene rings is 3. The highest BCUT2D eigenvalue weighted by Gasteiger charge is 2.37. The summed E-state index contributed by atoms with van der Waals surface area (Å²) in [5.74, 6) is -0.124. The van der Waals surface area contributed by atoms with Crippen LogP contribution in [-0.2, 0) is 15.6 Å². The molecule has 3 aromatic carbocycles. The van der Waals surface area contributed by atoms with E-state index in [4.69, 9.17) is 4.74 Å². The number of carboxylic acid groups (broad SMARTS) is 1. The molecule has 1 aliphatic rings. The number of fused-ring (bicyclic) bond motifs is 1. The Morgan fingerprint density at radius 3 is 2.11 bits per heavy atom. The van der Waals surface area contributed by atoms with Crippen molar-refractivity contribution in [1.29, 1.82) is 0 Å². The molecule has 3 aromatic rings. The smallest absolute Gasteiger partial charge is 0.335 e. The Hall–Kier alpha value is -3.60. The molecule has 5 nitrogen and oxygen atoms in total. The summed E-state index contributed by atoms with van der Waals surface area (Å²) < 4.78 is 6.29. The van der Waals surface area contributed by atoms with Crippen LogP contribution in [0.2, 0.25) is 0 Å². The molecule has 0 aliphatic heterocycles. The molecule has 4 rings (SSSR count). The van der Waals surface area contributed by atoms with E-state index in [1.54, 1.807) is 12.1 Å². The zero-order chi connectivity index (χ0) is 27.5. The molecule has 0 unspecified atom stereocenters. The first-order valence-electron chi connectivity index (χ1n) is 13.5. The Kier molecular flexibility index (Phi) is 7.96. The van der Waals surface area contributed by atoms with E-state index in [1.807, 2.05) is 24.3 Å². The van der Waals surface area contributed by atoms with Crippen LogP contribution in [-0.4, -0.2) is 30.1 Å². The molecule has 0 atom stereocenters. The van der Waals surface area contributed by atoms with E-state index in [0.29, 0.717) is 13.2 Å². The first-order chi connectivity index (χ1) is 18.0. The van der Waals surface area contributed by atoms with Gasteiger partial charge in [-0.05, 0) is 88.6 Å². The van der Waals surface area contributed by atoms with Crippen LogP contribution in [0.5, 0.6) is 5.75 Å². The maximum atomic E-state index is 11.3. The second-order valence-electron chi connectivity index (χ2n) is 11.7. The lowest BCUT2D eigenvalue weighted by Crippen LogP contribution is -2.33. The minimum Gasteiger partial charge on any atom is -0.493 e. The quantitative estimate of drug-likeness (QED) is 0.293. The summed E-state index contributed by atoms with van der Waals surface area (Å²) in [5.41, 5.74) is 7.42. The molecule has 5 heteroatoms. The second kappa shape index (κ2) is 11.0. The zero-order valence-corrected chi connectivity index (χ0v) is 23.2. The lowest BCUT2D eigenvalue weighted by Gasteiger charge is -2.42. The largest absolute Gasteiger partial charge is 0.493 e. The van der Waals surface area contributed by atoms with E-state index in [9.17, 15) is 14.7 Å². The third-order valence-electron chi connectivity index (χ3n) is 7.81. The minimum absolute atomic E-state index is 0.0151. The summed E-state index contributed by atoms with van der Waals surface area (Å²) in [6.45, 7) is 12.1. The van der Waals surface area contributed by atoms with E-state index < -0.39 is 5.97 Å². The number of unbranched alkanes of at least 4 members (excludes halogenated alkanes) is 1. The third kappa shape index (κ3) is 6.09. The van der Waals surface area contributed by atoms with Crippen molar-refractivity contribution in [3.05, 3.63) is 77.4 Å². The number of aromatic carboxylic acids is 1. The van der Waals surface area contributed by atoms with Crippen LogP contribution in [0.1, 0.15) is 81.8 Å². The lowest BCUT2D eigenvalue weighted by molar-refractivity contribution is -0.118. The highest BCUT2D eigenvalue weighted by molar-refractivity contribution is 5.88. The van der Waals surface area contributed by atoms with Gasteiger partial charge in [-0.25, -0.2) is 4.79 Å². The van der Waals surface area contributed by atoms with Crippen molar-refractivity contribution in [2.75, 3.05) is 13.2 Å². The number of hydrogen-bond donors (Lipinski definition) is 2. The second-order valence-corrected chi connectivity index (χ2v) is 11.7. The Morgan fingerprint density at radius 1 is 0.816 bits per heavy atom. The van der Waals surface area contributed by atoms with Gasteiger partial charge in [0.05, 0.1) is 12.2 Å². The van der Waals surface area contributed by atoms with Crippen molar-refractivity contribution in [2.24, 2.45) is 0 Å². The molecular formula is C33H39NO4. The number of nitrogens with one attached hydrogen (secondary N) is 1. The molecule has 200 valence electrons. The van der Waals surface area contributed by atoms with E-state index in [-0.39, 0.29) is 22.3 Å². The summed E-state index contributed by atoms with van der Waals surface area (Å²) in [5, 5.41) is 12.1. The number of ether oxygens (including phenoxy) is 1. The highest BCUT2D eigenvalue weighted by Crippen LogP contribution is 2.47. The van der Waals surface area contributed by atoms with Crippen molar-refractivity contribution in [2.45, 2.75) is 71.1 Å². The van der Waals surface area contributed by atoms with Gasteiger partial charge in [0.25, 0.3) is 0 Å². The average Bonchev–Trinajstić information content (AvgIpc) is 2.88. The Labute approximate surface area is 226 Å². The Morgan fingerprint density at radius 2 is 1.45 bits per heavy atom. The minimum atomic E-state index is -0.931. The lowest BCUT2D eigenvalue weighted by atomic mass is 9.63. The standard InChI is InChI=1S/C33H39NO4/c1-22(35)34-18-6-7-19-38-30-15-13-25(23-8-10-24(11-9-23)31(36)37)20-27(30)26-12-14-28-29(21-26)33(4,5)17-16-32(28,2)3/h8-15,20-21H,6-7,16-19H2,1-5H3,(H,34,35)(H,36,37). The van der Waals surface area contributed by atoms with Crippen LogP contribution >= 0.6 is 0 Å². The molecule has 0 saturated heterocycles. The van der Waals surface area contributed by atoms with Gasteiger partial charge < -0.3 is 15.2 Å². The molecule has 38 heavy (non-hydrogen) atoms. The highest BCUT2D eigenvalue weighted by atomic mass is 16.5. The number of hydrogen-bond acceptors (Lipinski definition) is 3. The summed E-state index contributed by atoms with van der Waals surface area (Å²) in [6.07, 6.45) is 4.00. The number of carbonyl (C=O) groups is 2. The first-order valence-corrected chi connectivity index (χ1v) is 13.5. The fourth-order valence-corrected chi connectivity index (χ4v) is 5.30. The summed E-state index contributed by atoms with van der Waals surface area (Å²) in [6, 6.07) is 20.0. The average molecular weight is 514 g/mol. The van der Waals surface area contributed by atoms with Crippen LogP contribution in [0.3, 0.4) is 0 Å². The van der Waals surface area contributed by atoms with Gasteiger partial charge in [-0.2, -0.15) is 0 Å². The van der Waals surface area contributed by atoms with Crippen molar-refractivity contribution < 1.29 is 19.4 Å². The van der Waals surface area contributed by atoms with Gasteiger partial charge in [-0.15, -0.1) is 0 Å². The van der Waals surface area contributed by atoms with Gasteiger partial charge in [0.2, 0.25) is 5.91 Å². The van der Waals surface area contributed by atoms with Crippen molar-refractivity contribution in [3.63, 3.8) is 0 Å². The molecule has 1 amide bonds. The fraction of sp³-hybridized carbons (Fsp3) is 0.394. The van der Waals surface area contributed by atoms with Gasteiger partial charge >= 0.3 is 5.97 Å². The topological polar surface area (TPSA) is 75.6 Å². The number of carboxylic acids is 1. The predicted octanol–water partition coefficient (Wildman–Crippen LogP) is 7.36. The third-order valence-corrected chi connectivity index (χ3v) is 7.81.